The van der Waals surface area contributed by atoms with Crippen LogP contribution in [-0.2, 0) is 10.8 Å². The van der Waals surface area contributed by atoms with Gasteiger partial charge in [-0.2, -0.15) is 0 Å². The van der Waals surface area contributed by atoms with E-state index in [-0.39, 0.29) is 10.8 Å². The zero-order chi connectivity index (χ0) is 17.3. The predicted molar refractivity (Wildman–Crippen MR) is 102 cm³/mol. The van der Waals surface area contributed by atoms with Crippen LogP contribution in [0.4, 0.5) is 0 Å². The largest absolute Gasteiger partial charge is 0.0645 e. The van der Waals surface area contributed by atoms with E-state index in [1.807, 2.05) is 0 Å². The van der Waals surface area contributed by atoms with Gasteiger partial charge in [0.25, 0.3) is 0 Å². The Morgan fingerprint density at radius 2 is 1.00 bits per heavy atom. The van der Waals surface area contributed by atoms with Crippen LogP contribution < -0.4 is 0 Å². The molecule has 0 heteroatoms. The molecular weight excluding hydrogens is 276 g/mol. The molecule has 0 spiro atoms. The maximum atomic E-state index is 2.33. The number of hydrogen-bond donors (Lipinski definition) is 0. The van der Waals surface area contributed by atoms with E-state index in [2.05, 4.69) is 97.0 Å². The van der Waals surface area contributed by atoms with Gasteiger partial charge in [-0.25, -0.2) is 0 Å². The summed E-state index contributed by atoms with van der Waals surface area (Å²) in [5.74, 6) is 0.459. The first-order valence-electron chi connectivity index (χ1n) is 8.85. The third-order valence-electron chi connectivity index (χ3n) is 4.70. The maximum Gasteiger partial charge on any atom is 0.00925 e. The van der Waals surface area contributed by atoms with Crippen molar-refractivity contribution in [2.45, 2.75) is 71.6 Å². The lowest BCUT2D eigenvalue weighted by atomic mass is 9.73. The first-order valence-corrected chi connectivity index (χ1v) is 8.85. The molecule has 2 aromatic rings. The fourth-order valence-electron chi connectivity index (χ4n) is 3.58. The lowest BCUT2D eigenvalue weighted by Gasteiger charge is -2.31. The lowest BCUT2D eigenvalue weighted by Crippen LogP contribution is -2.20. The molecular formula is C23H32. The van der Waals surface area contributed by atoms with E-state index in [1.165, 1.54) is 22.3 Å². The predicted octanol–water partition coefficient (Wildman–Crippen LogP) is 6.82. The third-order valence-corrected chi connectivity index (χ3v) is 4.70. The van der Waals surface area contributed by atoms with Gasteiger partial charge in [0, 0.05) is 5.92 Å². The normalized spacial score (nSPS) is 12.7. The van der Waals surface area contributed by atoms with Gasteiger partial charge in [0.2, 0.25) is 0 Å². The first-order chi connectivity index (χ1) is 10.7. The Morgan fingerprint density at radius 1 is 0.652 bits per heavy atom. The highest BCUT2D eigenvalue weighted by atomic mass is 14.3. The molecule has 0 unspecified atom stereocenters. The van der Waals surface area contributed by atoms with Crippen molar-refractivity contribution in [3.8, 4) is 0 Å². The zero-order valence-electron chi connectivity index (χ0n) is 15.9. The van der Waals surface area contributed by atoms with Gasteiger partial charge in [-0.05, 0) is 39.5 Å². The Bertz CT molecular complexity index is 593. The zero-order valence-corrected chi connectivity index (χ0v) is 15.9. The van der Waals surface area contributed by atoms with E-state index >= 15 is 0 Å². The van der Waals surface area contributed by atoms with E-state index < -0.39 is 0 Å². The Balaban J connectivity index is 2.64. The minimum absolute atomic E-state index is 0.167. The highest BCUT2D eigenvalue weighted by Crippen LogP contribution is 2.39. The molecule has 0 bridgehead atoms. The van der Waals surface area contributed by atoms with Crippen LogP contribution >= 0.6 is 0 Å². The molecule has 2 aromatic carbocycles. The summed E-state index contributed by atoms with van der Waals surface area (Å²) in [6, 6.07) is 18.0. The average molecular weight is 309 g/mol. The van der Waals surface area contributed by atoms with E-state index in [0.29, 0.717) is 5.92 Å². The summed E-state index contributed by atoms with van der Waals surface area (Å²) >= 11 is 0. The molecule has 2 rings (SSSR count). The first kappa shape index (κ1) is 17.8. The number of rotatable bonds is 3. The summed E-state index contributed by atoms with van der Waals surface area (Å²) in [6.07, 6.45) is 1.13. The second kappa shape index (κ2) is 6.51. The fourth-order valence-corrected chi connectivity index (χ4v) is 3.58. The molecule has 23 heavy (non-hydrogen) atoms. The van der Waals surface area contributed by atoms with Crippen molar-refractivity contribution in [2.75, 3.05) is 0 Å². The van der Waals surface area contributed by atoms with Gasteiger partial charge in [0.05, 0.1) is 0 Å². The Kier molecular flexibility index (Phi) is 5.04. The molecule has 0 atom stereocenters. The van der Waals surface area contributed by atoms with Gasteiger partial charge >= 0.3 is 0 Å². The Labute approximate surface area is 143 Å². The number of hydrogen-bond acceptors (Lipinski definition) is 0. The molecule has 0 radical (unpaired) electrons. The van der Waals surface area contributed by atoms with Crippen LogP contribution in [0.5, 0.6) is 0 Å². The minimum atomic E-state index is 0.167. The Hall–Kier alpha value is -1.56. The van der Waals surface area contributed by atoms with Crippen molar-refractivity contribution in [3.63, 3.8) is 0 Å². The van der Waals surface area contributed by atoms with Crippen molar-refractivity contribution in [1.29, 1.82) is 0 Å². The molecule has 0 amide bonds. The highest BCUT2D eigenvalue weighted by Gasteiger charge is 2.26. The molecule has 0 aliphatic heterocycles. The van der Waals surface area contributed by atoms with Gasteiger partial charge in [-0.1, -0.05) is 97.0 Å². The van der Waals surface area contributed by atoms with E-state index in [0.717, 1.165) is 6.42 Å². The topological polar surface area (TPSA) is 0 Å². The maximum absolute atomic E-state index is 2.33. The molecule has 0 saturated carbocycles. The van der Waals surface area contributed by atoms with Crippen LogP contribution in [0.1, 0.15) is 83.1 Å². The van der Waals surface area contributed by atoms with E-state index in [9.17, 15) is 0 Å². The third kappa shape index (κ3) is 3.86. The van der Waals surface area contributed by atoms with Crippen LogP contribution in [0.15, 0.2) is 48.5 Å². The molecule has 0 saturated heterocycles. The molecule has 0 heterocycles. The van der Waals surface area contributed by atoms with Crippen molar-refractivity contribution in [3.05, 3.63) is 70.8 Å². The van der Waals surface area contributed by atoms with Gasteiger partial charge in [0.1, 0.15) is 0 Å². The van der Waals surface area contributed by atoms with Gasteiger partial charge in [0.15, 0.2) is 0 Å². The van der Waals surface area contributed by atoms with Crippen LogP contribution in [0.2, 0.25) is 0 Å². The molecule has 124 valence electrons. The summed E-state index contributed by atoms with van der Waals surface area (Å²) in [5.41, 5.74) is 6.24. The lowest BCUT2D eigenvalue weighted by molar-refractivity contribution is 0.560. The fraction of sp³-hybridized carbons (Fsp3) is 0.478. The highest BCUT2D eigenvalue weighted by molar-refractivity contribution is 5.45. The van der Waals surface area contributed by atoms with Crippen LogP contribution in [0.3, 0.4) is 0 Å². The summed E-state index contributed by atoms with van der Waals surface area (Å²) in [5, 5.41) is 0. The van der Waals surface area contributed by atoms with Gasteiger partial charge < -0.3 is 0 Å². The second-order valence-corrected chi connectivity index (χ2v) is 8.64. The second-order valence-electron chi connectivity index (χ2n) is 8.64. The quantitative estimate of drug-likeness (QED) is 0.583. The van der Waals surface area contributed by atoms with Gasteiger partial charge in [-0.15, -0.1) is 0 Å². The van der Waals surface area contributed by atoms with Crippen LogP contribution in [0.25, 0.3) is 0 Å². The van der Waals surface area contributed by atoms with Gasteiger partial charge in [-0.3, -0.25) is 0 Å². The van der Waals surface area contributed by atoms with Crippen LogP contribution in [0, 0.1) is 0 Å². The summed E-state index contributed by atoms with van der Waals surface area (Å²) in [7, 11) is 0. The van der Waals surface area contributed by atoms with Crippen molar-refractivity contribution < 1.29 is 0 Å². The number of benzene rings is 2. The monoisotopic (exact) mass is 308 g/mol. The summed E-state index contributed by atoms with van der Waals surface area (Å²) in [4.78, 5) is 0. The molecule has 0 N–H and O–H groups in total. The summed E-state index contributed by atoms with van der Waals surface area (Å²) < 4.78 is 0. The molecule has 0 aliphatic rings. The van der Waals surface area contributed by atoms with Crippen molar-refractivity contribution in [1.82, 2.24) is 0 Å². The SMILES string of the molecule is CCC(c1ccccc1C(C)(C)C)c1ccccc1C(C)(C)C. The molecule has 0 aromatic heterocycles. The van der Waals surface area contributed by atoms with E-state index in [1.54, 1.807) is 0 Å². The van der Waals surface area contributed by atoms with E-state index in [4.69, 9.17) is 0 Å². The molecule has 0 nitrogen and oxygen atoms in total. The van der Waals surface area contributed by atoms with Crippen molar-refractivity contribution >= 4 is 0 Å². The van der Waals surface area contributed by atoms with Crippen molar-refractivity contribution in [2.24, 2.45) is 0 Å². The standard InChI is InChI=1S/C23H32/c1-8-17(18-13-9-11-15-20(18)22(2,3)4)19-14-10-12-16-21(19)23(5,6)7/h9-17H,8H2,1-7H3. The average Bonchev–Trinajstić information content (AvgIpc) is 2.47. The minimum Gasteiger partial charge on any atom is -0.0645 e. The molecule has 0 fully saturated rings. The summed E-state index contributed by atoms with van der Waals surface area (Å²) in [6.45, 7) is 16.2. The smallest absolute Gasteiger partial charge is 0.00925 e. The molecule has 0 aliphatic carbocycles. The Morgan fingerprint density at radius 3 is 1.30 bits per heavy atom. The van der Waals surface area contributed by atoms with Crippen LogP contribution in [-0.4, -0.2) is 0 Å².